The van der Waals surface area contributed by atoms with Crippen LogP contribution in [0, 0.1) is 0 Å². The van der Waals surface area contributed by atoms with Crippen LogP contribution in [-0.2, 0) is 19.1 Å². The average Bonchev–Trinajstić information content (AvgIpc) is 2.16. The van der Waals surface area contributed by atoms with E-state index in [1.807, 2.05) is 0 Å². The first kappa shape index (κ1) is 12.6. The molecule has 0 aliphatic carbocycles. The minimum Gasteiger partial charge on any atom is -0.468 e. The van der Waals surface area contributed by atoms with E-state index in [-0.39, 0.29) is 11.9 Å². The molecule has 4 nitrogen and oxygen atoms in total. The van der Waals surface area contributed by atoms with Gasteiger partial charge in [-0.25, -0.2) is 0 Å². The average molecular weight is 224 g/mol. The van der Waals surface area contributed by atoms with Gasteiger partial charge in [-0.2, -0.15) is 0 Å². The van der Waals surface area contributed by atoms with Gasteiger partial charge in [0, 0.05) is 5.08 Å². The molecule has 0 aromatic heterocycles. The van der Waals surface area contributed by atoms with Crippen molar-refractivity contribution in [3.05, 3.63) is 0 Å². The molecule has 13 heavy (non-hydrogen) atoms. The van der Waals surface area contributed by atoms with Gasteiger partial charge in [-0.3, -0.25) is 9.59 Å². The normalized spacial score (nSPS) is 9.38. The molecule has 0 aliphatic heterocycles. The van der Waals surface area contributed by atoms with Crippen molar-refractivity contribution >= 4 is 35.5 Å². The lowest BCUT2D eigenvalue weighted by atomic mass is 10.8. The number of ether oxygens (including phenoxy) is 2. The number of hydrogen-bond donors (Lipinski definition) is 0. The highest BCUT2D eigenvalue weighted by atomic mass is 32.2. The summed E-state index contributed by atoms with van der Waals surface area (Å²) in [6, 6.07) is 0. The Morgan fingerprint density at radius 2 is 1.38 bits per heavy atom. The number of rotatable bonds is 6. The van der Waals surface area contributed by atoms with Gasteiger partial charge in [0.25, 0.3) is 0 Å². The third-order valence-corrected chi connectivity index (χ3v) is 3.27. The van der Waals surface area contributed by atoms with Gasteiger partial charge in [-0.1, -0.05) is 0 Å². The number of methoxy groups -OCH3 is 2. The van der Waals surface area contributed by atoms with E-state index in [9.17, 15) is 9.59 Å². The van der Waals surface area contributed by atoms with E-state index in [1.54, 1.807) is 0 Å². The van der Waals surface area contributed by atoms with Crippen LogP contribution in [0.25, 0.3) is 0 Å². The second-order valence-electron chi connectivity index (χ2n) is 1.97. The Kier molecular flexibility index (Phi) is 8.02. The van der Waals surface area contributed by atoms with Crippen LogP contribution in [0.5, 0.6) is 0 Å². The van der Waals surface area contributed by atoms with Gasteiger partial charge in [0.1, 0.15) is 0 Å². The summed E-state index contributed by atoms with van der Waals surface area (Å²) in [5, 5.41) is 0.685. The first-order chi connectivity index (χ1) is 6.20. The maximum atomic E-state index is 10.6. The molecular formula is C7H12O4S2. The number of carbonyl (C=O) groups excluding carboxylic acids is 2. The minimum atomic E-state index is -0.247. The fourth-order valence-electron chi connectivity index (χ4n) is 0.427. The third kappa shape index (κ3) is 7.98. The highest BCUT2D eigenvalue weighted by Gasteiger charge is 2.02. The predicted octanol–water partition coefficient (Wildman–Crippen LogP) is 0.756. The van der Waals surface area contributed by atoms with Crippen LogP contribution in [0.3, 0.4) is 0 Å². The second-order valence-corrected chi connectivity index (χ2v) is 4.30. The summed E-state index contributed by atoms with van der Waals surface area (Å²) >= 11 is 2.84. The van der Waals surface area contributed by atoms with Crippen LogP contribution in [0.4, 0.5) is 0 Å². The summed E-state index contributed by atoms with van der Waals surface area (Å²) in [7, 11) is 2.70. The first-order valence-electron chi connectivity index (χ1n) is 3.49. The molecule has 0 heterocycles. The van der Waals surface area contributed by atoms with Crippen LogP contribution in [0.2, 0.25) is 0 Å². The van der Waals surface area contributed by atoms with E-state index in [4.69, 9.17) is 0 Å². The summed E-state index contributed by atoms with van der Waals surface area (Å²) in [6.45, 7) is 0. The van der Waals surface area contributed by atoms with Crippen molar-refractivity contribution in [3.63, 3.8) is 0 Å². The lowest BCUT2D eigenvalue weighted by Crippen LogP contribution is -2.05. The van der Waals surface area contributed by atoms with Crippen molar-refractivity contribution in [2.75, 3.05) is 30.8 Å². The molecule has 0 radical (unpaired) electrons. The number of thioether (sulfide) groups is 2. The molecule has 0 N–H and O–H groups in total. The molecule has 0 atom stereocenters. The van der Waals surface area contributed by atoms with Gasteiger partial charge >= 0.3 is 11.9 Å². The monoisotopic (exact) mass is 224 g/mol. The standard InChI is InChI=1S/C7H12O4S2/c1-10-6(8)3-12-5-13-4-7(9)11-2/h3-5H2,1-2H3. The highest BCUT2D eigenvalue weighted by Crippen LogP contribution is 2.11. The quantitative estimate of drug-likeness (QED) is 0.377. The lowest BCUT2D eigenvalue weighted by molar-refractivity contribution is -0.138. The Bertz CT molecular complexity index is 154. The third-order valence-electron chi connectivity index (χ3n) is 1.06. The van der Waals surface area contributed by atoms with Gasteiger partial charge in [0.2, 0.25) is 0 Å². The Balaban J connectivity index is 3.17. The molecule has 0 bridgehead atoms. The van der Waals surface area contributed by atoms with Gasteiger partial charge in [-0.15, -0.1) is 23.5 Å². The molecule has 0 aromatic rings. The number of esters is 2. The number of carbonyl (C=O) groups is 2. The van der Waals surface area contributed by atoms with Crippen molar-refractivity contribution in [1.29, 1.82) is 0 Å². The van der Waals surface area contributed by atoms with Crippen molar-refractivity contribution in [3.8, 4) is 0 Å². The van der Waals surface area contributed by atoms with Crippen LogP contribution in [-0.4, -0.2) is 42.7 Å². The van der Waals surface area contributed by atoms with E-state index in [2.05, 4.69) is 9.47 Å². The molecular weight excluding hydrogens is 212 g/mol. The Morgan fingerprint density at radius 1 is 1.00 bits per heavy atom. The lowest BCUT2D eigenvalue weighted by Gasteiger charge is -1.99. The SMILES string of the molecule is COC(=O)CSCSCC(=O)OC. The van der Waals surface area contributed by atoms with Gasteiger partial charge in [-0.05, 0) is 0 Å². The molecule has 0 saturated heterocycles. The number of hydrogen-bond acceptors (Lipinski definition) is 6. The van der Waals surface area contributed by atoms with Crippen molar-refractivity contribution < 1.29 is 19.1 Å². The van der Waals surface area contributed by atoms with Gasteiger partial charge in [0.15, 0.2) is 0 Å². The molecule has 0 spiro atoms. The zero-order chi connectivity index (χ0) is 10.1. The molecule has 0 unspecified atom stereocenters. The summed E-state index contributed by atoms with van der Waals surface area (Å²) in [6.07, 6.45) is 0. The molecule has 0 fully saturated rings. The summed E-state index contributed by atoms with van der Waals surface area (Å²) in [4.78, 5) is 21.2. The van der Waals surface area contributed by atoms with Crippen LogP contribution < -0.4 is 0 Å². The molecule has 0 rings (SSSR count). The van der Waals surface area contributed by atoms with Crippen molar-refractivity contribution in [2.45, 2.75) is 0 Å². The van der Waals surface area contributed by atoms with E-state index < -0.39 is 0 Å². The summed E-state index contributed by atoms with van der Waals surface area (Å²) in [5.74, 6) is 0.155. The Labute approximate surface area is 85.7 Å². The Morgan fingerprint density at radius 3 is 1.69 bits per heavy atom. The molecule has 0 amide bonds. The second kappa shape index (κ2) is 8.25. The summed E-state index contributed by atoms with van der Waals surface area (Å²) in [5.41, 5.74) is 0. The fraction of sp³-hybridized carbons (Fsp3) is 0.714. The van der Waals surface area contributed by atoms with Crippen LogP contribution in [0.1, 0.15) is 0 Å². The highest BCUT2D eigenvalue weighted by molar-refractivity contribution is 8.16. The van der Waals surface area contributed by atoms with E-state index in [0.29, 0.717) is 16.6 Å². The summed E-state index contributed by atoms with van der Waals surface area (Å²) < 4.78 is 8.88. The van der Waals surface area contributed by atoms with Crippen LogP contribution >= 0.6 is 23.5 Å². The topological polar surface area (TPSA) is 52.6 Å². The van der Waals surface area contributed by atoms with E-state index >= 15 is 0 Å². The maximum Gasteiger partial charge on any atom is 0.315 e. The molecule has 76 valence electrons. The zero-order valence-electron chi connectivity index (χ0n) is 7.57. The molecule has 0 aromatic carbocycles. The minimum absolute atomic E-state index is 0.247. The largest absolute Gasteiger partial charge is 0.468 e. The van der Waals surface area contributed by atoms with Gasteiger partial charge < -0.3 is 9.47 Å². The first-order valence-corrected chi connectivity index (χ1v) is 5.80. The van der Waals surface area contributed by atoms with Crippen LogP contribution in [0.15, 0.2) is 0 Å². The van der Waals surface area contributed by atoms with Gasteiger partial charge in [0.05, 0.1) is 25.7 Å². The zero-order valence-corrected chi connectivity index (χ0v) is 9.20. The van der Waals surface area contributed by atoms with Crippen molar-refractivity contribution in [2.24, 2.45) is 0 Å². The fourth-order valence-corrected chi connectivity index (χ4v) is 2.13. The molecule has 0 aliphatic rings. The van der Waals surface area contributed by atoms with E-state index in [1.165, 1.54) is 37.7 Å². The maximum absolute atomic E-state index is 10.6. The van der Waals surface area contributed by atoms with Crippen molar-refractivity contribution in [1.82, 2.24) is 0 Å². The predicted molar refractivity (Wildman–Crippen MR) is 53.8 cm³/mol. The smallest absolute Gasteiger partial charge is 0.315 e. The Hall–Kier alpha value is -0.360. The van der Waals surface area contributed by atoms with E-state index in [0.717, 1.165) is 0 Å². The molecule has 0 saturated carbocycles. The molecule has 6 heteroatoms.